The van der Waals surface area contributed by atoms with E-state index >= 15 is 0 Å². The molecule has 4 nitrogen and oxygen atoms in total. The molecule has 1 amide bonds. The molecule has 0 saturated carbocycles. The average Bonchev–Trinajstić information content (AvgIpc) is 2.50. The van der Waals surface area contributed by atoms with Gasteiger partial charge in [-0.3, -0.25) is 4.79 Å². The molecule has 0 aliphatic carbocycles. The standard InChI is InChI=1S/C19H29ClN2O2/c1-13(2)16(21-5)17(23)22-11-10-19(24,18(3,4)12-22)14-6-8-15(20)9-7-14/h6-9,13,16,21,24H,10-12H2,1-5H3/t16?,19-/m0/s1. The lowest BCUT2D eigenvalue weighted by atomic mass is 9.66. The highest BCUT2D eigenvalue weighted by atomic mass is 35.5. The third-order valence-electron chi connectivity index (χ3n) is 5.33. The molecule has 2 rings (SSSR count). The minimum Gasteiger partial charge on any atom is -0.384 e. The second-order valence-electron chi connectivity index (χ2n) is 7.77. The Labute approximate surface area is 150 Å². The van der Waals surface area contributed by atoms with Gasteiger partial charge in [-0.15, -0.1) is 0 Å². The van der Waals surface area contributed by atoms with E-state index in [-0.39, 0.29) is 17.9 Å². The Balaban J connectivity index is 2.23. The predicted octanol–water partition coefficient (Wildman–Crippen LogP) is 3.03. The van der Waals surface area contributed by atoms with Crippen LogP contribution in [0.25, 0.3) is 0 Å². The third-order valence-corrected chi connectivity index (χ3v) is 5.58. The average molecular weight is 353 g/mol. The molecule has 2 N–H and O–H groups in total. The molecule has 1 fully saturated rings. The second kappa shape index (κ2) is 7.03. The highest BCUT2D eigenvalue weighted by molar-refractivity contribution is 6.30. The number of likely N-dealkylation sites (tertiary alicyclic amines) is 1. The third kappa shape index (κ3) is 3.46. The van der Waals surface area contributed by atoms with Crippen molar-refractivity contribution in [3.63, 3.8) is 0 Å². The first-order valence-corrected chi connectivity index (χ1v) is 8.94. The zero-order valence-electron chi connectivity index (χ0n) is 15.3. The van der Waals surface area contributed by atoms with E-state index in [1.165, 1.54) is 0 Å². The molecular formula is C19H29ClN2O2. The van der Waals surface area contributed by atoms with Crippen LogP contribution in [0.1, 0.15) is 39.7 Å². The molecule has 1 aliphatic rings. The topological polar surface area (TPSA) is 52.6 Å². The van der Waals surface area contributed by atoms with Crippen LogP contribution >= 0.6 is 11.6 Å². The summed E-state index contributed by atoms with van der Waals surface area (Å²) < 4.78 is 0. The van der Waals surface area contributed by atoms with E-state index in [0.717, 1.165) is 5.56 Å². The number of aliphatic hydroxyl groups is 1. The number of likely N-dealkylation sites (N-methyl/N-ethyl adjacent to an activating group) is 1. The van der Waals surface area contributed by atoms with Gasteiger partial charge >= 0.3 is 0 Å². The number of halogens is 1. The number of carbonyl (C=O) groups is 1. The minimum atomic E-state index is -0.971. The van der Waals surface area contributed by atoms with E-state index in [1.54, 1.807) is 12.1 Å². The molecule has 0 spiro atoms. The molecule has 1 unspecified atom stereocenters. The van der Waals surface area contributed by atoms with E-state index in [2.05, 4.69) is 5.32 Å². The van der Waals surface area contributed by atoms with Gasteiger partial charge in [-0.25, -0.2) is 0 Å². The van der Waals surface area contributed by atoms with Crippen LogP contribution in [0.5, 0.6) is 0 Å². The van der Waals surface area contributed by atoms with Crippen molar-refractivity contribution in [2.24, 2.45) is 11.3 Å². The minimum absolute atomic E-state index is 0.110. The Morgan fingerprint density at radius 1 is 1.29 bits per heavy atom. The largest absolute Gasteiger partial charge is 0.384 e. The number of rotatable bonds is 4. The predicted molar refractivity (Wildman–Crippen MR) is 98.0 cm³/mol. The summed E-state index contributed by atoms with van der Waals surface area (Å²) in [6, 6.07) is 7.18. The van der Waals surface area contributed by atoms with E-state index in [0.29, 0.717) is 24.5 Å². The summed E-state index contributed by atoms with van der Waals surface area (Å²) in [7, 11) is 1.82. The van der Waals surface area contributed by atoms with Crippen molar-refractivity contribution < 1.29 is 9.90 Å². The van der Waals surface area contributed by atoms with Crippen LogP contribution in [0.4, 0.5) is 0 Å². The van der Waals surface area contributed by atoms with Crippen LogP contribution in [-0.2, 0) is 10.4 Å². The molecule has 5 heteroatoms. The smallest absolute Gasteiger partial charge is 0.239 e. The van der Waals surface area contributed by atoms with Crippen molar-refractivity contribution in [3.8, 4) is 0 Å². The SMILES string of the molecule is CNC(C(=O)N1CC[C@](O)(c2ccc(Cl)cc2)C(C)(C)C1)C(C)C. The van der Waals surface area contributed by atoms with Gasteiger partial charge in [-0.2, -0.15) is 0 Å². The van der Waals surface area contributed by atoms with E-state index in [4.69, 9.17) is 11.6 Å². The van der Waals surface area contributed by atoms with Gasteiger partial charge in [0.05, 0.1) is 11.6 Å². The van der Waals surface area contributed by atoms with Gasteiger partial charge in [0.1, 0.15) is 0 Å². The number of piperidine rings is 1. The maximum Gasteiger partial charge on any atom is 0.239 e. The maximum atomic E-state index is 12.8. The maximum absolute atomic E-state index is 12.8. The fourth-order valence-electron chi connectivity index (χ4n) is 3.71. The van der Waals surface area contributed by atoms with Gasteiger partial charge < -0.3 is 15.3 Å². The van der Waals surface area contributed by atoms with E-state index in [1.807, 2.05) is 51.8 Å². The van der Waals surface area contributed by atoms with Crippen LogP contribution < -0.4 is 5.32 Å². The number of nitrogens with zero attached hydrogens (tertiary/aromatic N) is 1. The van der Waals surface area contributed by atoms with Gasteiger partial charge in [0, 0.05) is 23.5 Å². The van der Waals surface area contributed by atoms with Crippen LogP contribution in [0, 0.1) is 11.3 Å². The highest BCUT2D eigenvalue weighted by Crippen LogP contribution is 2.46. The Bertz CT molecular complexity index is 586. The van der Waals surface area contributed by atoms with Crippen LogP contribution in [0.15, 0.2) is 24.3 Å². The highest BCUT2D eigenvalue weighted by Gasteiger charge is 2.50. The summed E-state index contributed by atoms with van der Waals surface area (Å²) in [5, 5.41) is 15.1. The molecule has 1 heterocycles. The van der Waals surface area contributed by atoms with Crippen molar-refractivity contribution in [2.45, 2.75) is 45.8 Å². The summed E-state index contributed by atoms with van der Waals surface area (Å²) in [6.07, 6.45) is 0.516. The number of hydrogen-bond donors (Lipinski definition) is 2. The molecule has 1 saturated heterocycles. The monoisotopic (exact) mass is 352 g/mol. The number of hydrogen-bond acceptors (Lipinski definition) is 3. The first kappa shape index (κ1) is 19.2. The zero-order valence-corrected chi connectivity index (χ0v) is 16.0. The first-order valence-electron chi connectivity index (χ1n) is 8.57. The lowest BCUT2D eigenvalue weighted by Crippen LogP contribution is -2.59. The first-order chi connectivity index (χ1) is 11.1. The summed E-state index contributed by atoms with van der Waals surface area (Å²) in [5.74, 6) is 0.335. The van der Waals surface area contributed by atoms with Crippen molar-refractivity contribution in [3.05, 3.63) is 34.9 Å². The number of benzene rings is 1. The lowest BCUT2D eigenvalue weighted by molar-refractivity contribution is -0.155. The lowest BCUT2D eigenvalue weighted by Gasteiger charge is -2.51. The van der Waals surface area contributed by atoms with Crippen LogP contribution in [0.3, 0.4) is 0 Å². The van der Waals surface area contributed by atoms with Gasteiger partial charge in [0.25, 0.3) is 0 Å². The van der Waals surface area contributed by atoms with E-state index < -0.39 is 11.0 Å². The van der Waals surface area contributed by atoms with E-state index in [9.17, 15) is 9.90 Å². The second-order valence-corrected chi connectivity index (χ2v) is 8.21. The van der Waals surface area contributed by atoms with Crippen molar-refractivity contribution in [1.82, 2.24) is 10.2 Å². The number of nitrogens with one attached hydrogen (secondary N) is 1. The quantitative estimate of drug-likeness (QED) is 0.875. The van der Waals surface area contributed by atoms with Crippen LogP contribution in [-0.4, -0.2) is 42.1 Å². The molecule has 24 heavy (non-hydrogen) atoms. The molecule has 1 aliphatic heterocycles. The summed E-state index contributed by atoms with van der Waals surface area (Å²) in [6.45, 7) is 9.19. The van der Waals surface area contributed by atoms with Crippen molar-refractivity contribution in [1.29, 1.82) is 0 Å². The fourth-order valence-corrected chi connectivity index (χ4v) is 3.84. The zero-order chi connectivity index (χ0) is 18.1. The van der Waals surface area contributed by atoms with Crippen molar-refractivity contribution in [2.75, 3.05) is 20.1 Å². The summed E-state index contributed by atoms with van der Waals surface area (Å²) in [4.78, 5) is 14.7. The molecule has 1 aromatic carbocycles. The Morgan fingerprint density at radius 2 is 1.88 bits per heavy atom. The molecule has 0 radical (unpaired) electrons. The van der Waals surface area contributed by atoms with Crippen LogP contribution in [0.2, 0.25) is 5.02 Å². The van der Waals surface area contributed by atoms with Gasteiger partial charge in [-0.1, -0.05) is 51.4 Å². The Hall–Kier alpha value is -1.10. The van der Waals surface area contributed by atoms with Gasteiger partial charge in [-0.05, 0) is 37.1 Å². The summed E-state index contributed by atoms with van der Waals surface area (Å²) in [5.41, 5.74) is -0.566. The number of amides is 1. The molecule has 2 atom stereocenters. The molecule has 1 aromatic rings. The molecular weight excluding hydrogens is 324 g/mol. The van der Waals surface area contributed by atoms with Gasteiger partial charge in [0.15, 0.2) is 0 Å². The molecule has 0 aromatic heterocycles. The Morgan fingerprint density at radius 3 is 2.33 bits per heavy atom. The van der Waals surface area contributed by atoms with Gasteiger partial charge in [0.2, 0.25) is 5.91 Å². The molecule has 134 valence electrons. The fraction of sp³-hybridized carbons (Fsp3) is 0.632. The number of carbonyl (C=O) groups excluding carboxylic acids is 1. The molecule has 0 bridgehead atoms. The summed E-state index contributed by atoms with van der Waals surface area (Å²) >= 11 is 5.97. The normalized spacial score (nSPS) is 24.9. The Kier molecular flexibility index (Phi) is 5.63. The van der Waals surface area contributed by atoms with Crippen molar-refractivity contribution >= 4 is 17.5 Å².